The van der Waals surface area contributed by atoms with Crippen LogP contribution in [0.3, 0.4) is 0 Å². The number of amides is 1. The highest BCUT2D eigenvalue weighted by Gasteiger charge is 2.10. The van der Waals surface area contributed by atoms with Crippen molar-refractivity contribution in [3.05, 3.63) is 77.9 Å². The van der Waals surface area contributed by atoms with E-state index in [2.05, 4.69) is 17.2 Å². The highest BCUT2D eigenvalue weighted by molar-refractivity contribution is 5.93. The second-order valence-electron chi connectivity index (χ2n) is 6.91. The highest BCUT2D eigenvalue weighted by atomic mass is 16.5. The summed E-state index contributed by atoms with van der Waals surface area (Å²) in [5.41, 5.74) is 5.24. The highest BCUT2D eigenvalue weighted by Crippen LogP contribution is 2.26. The van der Waals surface area contributed by atoms with Gasteiger partial charge in [-0.25, -0.2) is 4.98 Å². The summed E-state index contributed by atoms with van der Waals surface area (Å²) in [6.45, 7) is 4.05. The number of ether oxygens (including phenoxy) is 1. The first-order chi connectivity index (χ1) is 14.1. The topological polar surface area (TPSA) is 64.4 Å². The molecule has 1 aromatic heterocycles. The van der Waals surface area contributed by atoms with Crippen molar-refractivity contribution in [2.75, 3.05) is 11.9 Å². The average molecular weight is 386 g/mol. The maximum absolute atomic E-state index is 12.3. The maximum Gasteiger partial charge on any atom is 0.262 e. The van der Waals surface area contributed by atoms with Gasteiger partial charge in [0, 0.05) is 17.3 Å². The number of hydrogen-bond acceptors (Lipinski definition) is 4. The number of hydrogen-bond donors (Lipinski definition) is 1. The molecular weight excluding hydrogens is 364 g/mol. The fourth-order valence-corrected chi connectivity index (χ4v) is 3.11. The molecule has 0 aliphatic heterocycles. The van der Waals surface area contributed by atoms with E-state index in [0.717, 1.165) is 23.1 Å². The Labute approximate surface area is 169 Å². The van der Waals surface area contributed by atoms with Gasteiger partial charge in [-0.15, -0.1) is 0 Å². The fraction of sp³-hybridized carbons (Fsp3) is 0.167. The van der Waals surface area contributed by atoms with Gasteiger partial charge in [0.15, 0.2) is 12.2 Å². The number of aromatic nitrogens is 1. The Morgan fingerprint density at radius 3 is 2.76 bits per heavy atom. The van der Waals surface area contributed by atoms with Crippen molar-refractivity contribution in [3.8, 4) is 17.2 Å². The second kappa shape index (κ2) is 8.19. The molecule has 0 atom stereocenters. The first kappa shape index (κ1) is 18.7. The summed E-state index contributed by atoms with van der Waals surface area (Å²) in [4.78, 5) is 16.8. The molecule has 146 valence electrons. The number of benzene rings is 3. The van der Waals surface area contributed by atoms with Crippen LogP contribution in [-0.4, -0.2) is 17.5 Å². The molecule has 0 spiro atoms. The number of rotatable bonds is 6. The zero-order valence-corrected chi connectivity index (χ0v) is 16.4. The first-order valence-corrected chi connectivity index (χ1v) is 9.60. The van der Waals surface area contributed by atoms with E-state index in [-0.39, 0.29) is 12.5 Å². The summed E-state index contributed by atoms with van der Waals surface area (Å²) in [7, 11) is 0. The number of carbonyl (C=O) groups excluding carboxylic acids is 1. The van der Waals surface area contributed by atoms with Gasteiger partial charge in [0.2, 0.25) is 5.89 Å². The molecule has 4 aromatic rings. The van der Waals surface area contributed by atoms with E-state index in [4.69, 9.17) is 9.15 Å². The van der Waals surface area contributed by atoms with Crippen LogP contribution in [0.4, 0.5) is 5.69 Å². The molecule has 0 unspecified atom stereocenters. The van der Waals surface area contributed by atoms with Crippen LogP contribution >= 0.6 is 0 Å². The minimum absolute atomic E-state index is 0.0594. The van der Waals surface area contributed by atoms with Crippen LogP contribution in [0, 0.1) is 6.92 Å². The van der Waals surface area contributed by atoms with Crippen LogP contribution < -0.4 is 10.1 Å². The van der Waals surface area contributed by atoms with Crippen molar-refractivity contribution in [3.63, 3.8) is 0 Å². The van der Waals surface area contributed by atoms with Gasteiger partial charge < -0.3 is 14.5 Å². The number of aryl methyl sites for hydroxylation is 2. The zero-order valence-electron chi connectivity index (χ0n) is 16.4. The maximum atomic E-state index is 12.3. The summed E-state index contributed by atoms with van der Waals surface area (Å²) in [5.74, 6) is 1.02. The van der Waals surface area contributed by atoms with E-state index in [9.17, 15) is 4.79 Å². The fourth-order valence-electron chi connectivity index (χ4n) is 3.11. The smallest absolute Gasteiger partial charge is 0.262 e. The monoisotopic (exact) mass is 386 g/mol. The molecule has 0 fully saturated rings. The van der Waals surface area contributed by atoms with Crippen molar-refractivity contribution in [2.24, 2.45) is 0 Å². The van der Waals surface area contributed by atoms with Gasteiger partial charge in [-0.05, 0) is 55.3 Å². The number of carbonyl (C=O) groups is 1. The van der Waals surface area contributed by atoms with Crippen molar-refractivity contribution < 1.29 is 13.9 Å². The third-order valence-electron chi connectivity index (χ3n) is 4.61. The van der Waals surface area contributed by atoms with E-state index in [1.165, 1.54) is 5.56 Å². The lowest BCUT2D eigenvalue weighted by atomic mass is 10.1. The minimum Gasteiger partial charge on any atom is -0.484 e. The van der Waals surface area contributed by atoms with Crippen LogP contribution in [0.2, 0.25) is 0 Å². The van der Waals surface area contributed by atoms with Crippen LogP contribution in [0.25, 0.3) is 22.6 Å². The van der Waals surface area contributed by atoms with E-state index in [1.807, 2.05) is 61.5 Å². The molecular formula is C24H22N2O3. The summed E-state index contributed by atoms with van der Waals surface area (Å²) in [6, 6.07) is 21.2. The number of nitrogens with zero attached hydrogens (tertiary/aromatic N) is 1. The number of nitrogens with one attached hydrogen (secondary N) is 1. The normalized spacial score (nSPS) is 10.8. The van der Waals surface area contributed by atoms with Crippen LogP contribution in [0.1, 0.15) is 18.1 Å². The molecule has 5 nitrogen and oxygen atoms in total. The molecule has 5 heteroatoms. The van der Waals surface area contributed by atoms with Crippen molar-refractivity contribution in [2.45, 2.75) is 20.3 Å². The Bertz CT molecular complexity index is 1160. The quantitative estimate of drug-likeness (QED) is 0.483. The molecule has 0 aliphatic carbocycles. The van der Waals surface area contributed by atoms with Gasteiger partial charge in [0.05, 0.1) is 0 Å². The van der Waals surface area contributed by atoms with Crippen molar-refractivity contribution >= 4 is 22.7 Å². The van der Waals surface area contributed by atoms with Crippen LogP contribution in [0.15, 0.2) is 71.1 Å². The third kappa shape index (κ3) is 4.46. The van der Waals surface area contributed by atoms with Gasteiger partial charge >= 0.3 is 0 Å². The third-order valence-corrected chi connectivity index (χ3v) is 4.61. The van der Waals surface area contributed by atoms with Crippen LogP contribution in [-0.2, 0) is 11.2 Å². The molecule has 0 radical (unpaired) electrons. The Hall–Kier alpha value is -3.60. The molecule has 0 saturated heterocycles. The lowest BCUT2D eigenvalue weighted by molar-refractivity contribution is -0.118. The molecule has 0 bridgehead atoms. The minimum atomic E-state index is -0.232. The molecule has 3 aromatic carbocycles. The average Bonchev–Trinajstić information content (AvgIpc) is 3.16. The van der Waals surface area contributed by atoms with Gasteiger partial charge in [-0.1, -0.05) is 36.8 Å². The SMILES string of the molecule is CCc1cccc(OCC(=O)Nc2ccc3nc(-c4cccc(C)c4)oc3c2)c1. The Morgan fingerprint density at radius 2 is 1.93 bits per heavy atom. The molecule has 1 heterocycles. The van der Waals surface area contributed by atoms with Crippen molar-refractivity contribution in [1.29, 1.82) is 0 Å². The summed E-state index contributed by atoms with van der Waals surface area (Å²) >= 11 is 0. The molecule has 4 rings (SSSR count). The molecule has 29 heavy (non-hydrogen) atoms. The van der Waals surface area contributed by atoms with E-state index < -0.39 is 0 Å². The van der Waals surface area contributed by atoms with Gasteiger partial charge in [0.1, 0.15) is 11.3 Å². The Morgan fingerprint density at radius 1 is 1.07 bits per heavy atom. The largest absolute Gasteiger partial charge is 0.484 e. The molecule has 0 saturated carbocycles. The van der Waals surface area contributed by atoms with E-state index in [1.54, 1.807) is 12.1 Å². The molecule has 0 aliphatic rings. The van der Waals surface area contributed by atoms with Gasteiger partial charge in [-0.2, -0.15) is 0 Å². The second-order valence-corrected chi connectivity index (χ2v) is 6.91. The lowest BCUT2D eigenvalue weighted by Gasteiger charge is -2.08. The lowest BCUT2D eigenvalue weighted by Crippen LogP contribution is -2.20. The summed E-state index contributed by atoms with van der Waals surface area (Å²) in [5, 5.41) is 2.84. The molecule has 1 amide bonds. The summed E-state index contributed by atoms with van der Waals surface area (Å²) in [6.07, 6.45) is 0.922. The van der Waals surface area contributed by atoms with E-state index in [0.29, 0.717) is 22.9 Å². The van der Waals surface area contributed by atoms with Gasteiger partial charge in [0.25, 0.3) is 5.91 Å². The van der Waals surface area contributed by atoms with E-state index >= 15 is 0 Å². The standard InChI is InChI=1S/C24H22N2O3/c1-3-17-7-5-9-20(13-17)28-15-23(27)25-19-10-11-21-22(14-19)29-24(26-21)18-8-4-6-16(2)12-18/h4-14H,3,15H2,1-2H3,(H,25,27). The molecule has 1 N–H and O–H groups in total. The summed E-state index contributed by atoms with van der Waals surface area (Å²) < 4.78 is 11.5. The predicted octanol–water partition coefficient (Wildman–Crippen LogP) is 5.38. The Balaban J connectivity index is 1.44. The van der Waals surface area contributed by atoms with Crippen LogP contribution in [0.5, 0.6) is 5.75 Å². The first-order valence-electron chi connectivity index (χ1n) is 9.60. The zero-order chi connectivity index (χ0) is 20.2. The van der Waals surface area contributed by atoms with Crippen molar-refractivity contribution in [1.82, 2.24) is 4.98 Å². The van der Waals surface area contributed by atoms with Gasteiger partial charge in [-0.3, -0.25) is 4.79 Å². The number of anilines is 1. The predicted molar refractivity (Wildman–Crippen MR) is 114 cm³/mol. The Kier molecular flexibility index (Phi) is 5.29. The number of oxazole rings is 1. The number of fused-ring (bicyclic) bond motifs is 1.